The van der Waals surface area contributed by atoms with Crippen LogP contribution in [0.2, 0.25) is 0 Å². The van der Waals surface area contributed by atoms with E-state index >= 15 is 13.2 Å². The zero-order valence-electron chi connectivity index (χ0n) is 18.8. The molecule has 1 N–H and O–H groups in total. The summed E-state index contributed by atoms with van der Waals surface area (Å²) in [6.07, 6.45) is -4.97. The Hall–Kier alpha value is -3.92. The summed E-state index contributed by atoms with van der Waals surface area (Å²) in [7, 11) is 1.40. The number of amides is 1. The second kappa shape index (κ2) is 8.94. The number of alkyl halides is 3. The van der Waals surface area contributed by atoms with Crippen LogP contribution in [0.5, 0.6) is 5.75 Å². The number of benzene rings is 3. The average Bonchev–Trinajstić information content (AvgIpc) is 3.26. The number of esters is 1. The molecule has 0 radical (unpaired) electrons. The van der Waals surface area contributed by atoms with E-state index in [0.717, 1.165) is 16.7 Å². The zero-order chi connectivity index (χ0) is 25.5. The number of carbonyl (C=O) groups is 2. The lowest BCUT2D eigenvalue weighted by molar-refractivity contribution is -0.202. The fourth-order valence-corrected chi connectivity index (χ4v) is 5.46. The largest absolute Gasteiger partial charge is 0.497 e. The van der Waals surface area contributed by atoms with E-state index in [2.05, 4.69) is 5.32 Å². The summed E-state index contributed by atoms with van der Waals surface area (Å²) in [5, 5.41) is 1.97. The topological polar surface area (TPSA) is 67.9 Å². The SMILES string of the molecule is COc1ccc(C2(C(F)(F)F)NC(=O)C(C(=O)OCc3ccccc3)=C3Sc4ccccc4N32)cc1. The number of fused-ring (bicyclic) bond motifs is 3. The molecule has 3 aromatic rings. The maximum Gasteiger partial charge on any atom is 0.435 e. The van der Waals surface area contributed by atoms with Crippen molar-refractivity contribution in [1.82, 2.24) is 5.32 Å². The first kappa shape index (κ1) is 23.8. The minimum absolute atomic E-state index is 0.135. The Bertz CT molecular complexity index is 1360. The molecule has 184 valence electrons. The molecule has 1 amide bonds. The summed E-state index contributed by atoms with van der Waals surface area (Å²) >= 11 is 0.922. The van der Waals surface area contributed by atoms with Crippen molar-refractivity contribution < 1.29 is 32.2 Å². The van der Waals surface area contributed by atoms with E-state index in [9.17, 15) is 9.59 Å². The van der Waals surface area contributed by atoms with Crippen molar-refractivity contribution in [2.24, 2.45) is 0 Å². The van der Waals surface area contributed by atoms with Gasteiger partial charge in [-0.05, 0) is 29.8 Å². The molecule has 0 aromatic heterocycles. The lowest BCUT2D eigenvalue weighted by Gasteiger charge is -2.47. The van der Waals surface area contributed by atoms with E-state index in [-0.39, 0.29) is 22.9 Å². The van der Waals surface area contributed by atoms with Gasteiger partial charge in [-0.1, -0.05) is 66.4 Å². The van der Waals surface area contributed by atoms with Crippen LogP contribution < -0.4 is 15.0 Å². The number of hydrogen-bond acceptors (Lipinski definition) is 6. The lowest BCUT2D eigenvalue weighted by Crippen LogP contribution is -2.68. The van der Waals surface area contributed by atoms with Gasteiger partial charge in [-0.3, -0.25) is 9.69 Å². The first-order valence-electron chi connectivity index (χ1n) is 10.8. The van der Waals surface area contributed by atoms with Crippen LogP contribution in [-0.2, 0) is 26.6 Å². The van der Waals surface area contributed by atoms with Crippen LogP contribution in [0, 0.1) is 0 Å². The van der Waals surface area contributed by atoms with E-state index in [0.29, 0.717) is 16.2 Å². The Morgan fingerprint density at radius 1 is 1.00 bits per heavy atom. The molecule has 3 aromatic carbocycles. The molecular weight excluding hydrogens is 493 g/mol. The second-order valence-electron chi connectivity index (χ2n) is 8.04. The van der Waals surface area contributed by atoms with Gasteiger partial charge in [-0.25, -0.2) is 4.79 Å². The number of thioether (sulfide) groups is 1. The van der Waals surface area contributed by atoms with Gasteiger partial charge in [0.15, 0.2) is 5.57 Å². The number of nitrogens with zero attached hydrogens (tertiary/aromatic N) is 1. The van der Waals surface area contributed by atoms with Gasteiger partial charge in [0.2, 0.25) is 5.66 Å². The molecule has 6 nitrogen and oxygen atoms in total. The number of rotatable bonds is 5. The minimum Gasteiger partial charge on any atom is -0.497 e. The smallest absolute Gasteiger partial charge is 0.435 e. The van der Waals surface area contributed by atoms with Gasteiger partial charge in [-0.2, -0.15) is 13.2 Å². The minimum atomic E-state index is -4.97. The summed E-state index contributed by atoms with van der Waals surface area (Å²) in [5.74, 6) is -1.83. The van der Waals surface area contributed by atoms with Gasteiger partial charge in [0, 0.05) is 10.5 Å². The number of carbonyl (C=O) groups excluding carboxylic acids is 2. The quantitative estimate of drug-likeness (QED) is 0.379. The highest BCUT2D eigenvalue weighted by molar-refractivity contribution is 8.03. The number of ether oxygens (including phenoxy) is 2. The van der Waals surface area contributed by atoms with E-state index in [1.807, 2.05) is 0 Å². The first-order chi connectivity index (χ1) is 17.3. The molecule has 0 saturated carbocycles. The van der Waals surface area contributed by atoms with E-state index in [1.165, 1.54) is 37.4 Å². The molecule has 1 unspecified atom stereocenters. The van der Waals surface area contributed by atoms with E-state index in [1.54, 1.807) is 48.5 Å². The predicted octanol–water partition coefficient (Wildman–Crippen LogP) is 5.11. The molecule has 5 rings (SSSR count). The molecule has 0 spiro atoms. The van der Waals surface area contributed by atoms with Crippen molar-refractivity contribution in [3.63, 3.8) is 0 Å². The molecular formula is C26H19F3N2O4S. The van der Waals surface area contributed by atoms with E-state index in [4.69, 9.17) is 9.47 Å². The Morgan fingerprint density at radius 2 is 1.67 bits per heavy atom. The number of halogens is 3. The average molecular weight is 513 g/mol. The van der Waals surface area contributed by atoms with Crippen molar-refractivity contribution in [3.05, 3.63) is 101 Å². The molecule has 0 aliphatic carbocycles. The van der Waals surface area contributed by atoms with Crippen LogP contribution in [0.1, 0.15) is 11.1 Å². The second-order valence-corrected chi connectivity index (χ2v) is 9.07. The molecule has 2 aliphatic heterocycles. The highest BCUT2D eigenvalue weighted by Gasteiger charge is 2.66. The van der Waals surface area contributed by atoms with Crippen molar-refractivity contribution in [2.45, 2.75) is 23.3 Å². The lowest BCUT2D eigenvalue weighted by atomic mass is 9.92. The van der Waals surface area contributed by atoms with Crippen LogP contribution >= 0.6 is 11.8 Å². The third kappa shape index (κ3) is 3.78. The summed E-state index contributed by atoms with van der Waals surface area (Å²) in [5.41, 5.74) is -2.81. The van der Waals surface area contributed by atoms with Crippen LogP contribution in [0.15, 0.2) is 94.4 Å². The van der Waals surface area contributed by atoms with Gasteiger partial charge in [0.05, 0.1) is 12.8 Å². The predicted molar refractivity (Wildman–Crippen MR) is 127 cm³/mol. The third-order valence-corrected chi connectivity index (χ3v) is 7.07. The zero-order valence-corrected chi connectivity index (χ0v) is 19.7. The van der Waals surface area contributed by atoms with Gasteiger partial charge in [-0.15, -0.1) is 0 Å². The Morgan fingerprint density at radius 3 is 2.33 bits per heavy atom. The summed E-state index contributed by atoms with van der Waals surface area (Å²) < 4.78 is 55.5. The molecule has 36 heavy (non-hydrogen) atoms. The summed E-state index contributed by atoms with van der Waals surface area (Å²) in [6, 6.07) is 20.5. The van der Waals surface area contributed by atoms with Gasteiger partial charge in [0.25, 0.3) is 5.91 Å². The molecule has 0 saturated heterocycles. The maximum absolute atomic E-state index is 15.0. The van der Waals surface area contributed by atoms with Crippen molar-refractivity contribution >= 4 is 29.3 Å². The Balaban J connectivity index is 1.66. The highest BCUT2D eigenvalue weighted by Crippen LogP contribution is 2.58. The van der Waals surface area contributed by atoms with Gasteiger partial charge in [0.1, 0.15) is 17.4 Å². The van der Waals surface area contributed by atoms with Crippen molar-refractivity contribution in [1.29, 1.82) is 0 Å². The molecule has 2 heterocycles. The fourth-order valence-electron chi connectivity index (χ4n) is 4.23. The number of methoxy groups -OCH3 is 1. The monoisotopic (exact) mass is 512 g/mol. The van der Waals surface area contributed by atoms with Crippen molar-refractivity contribution in [3.8, 4) is 5.75 Å². The third-order valence-electron chi connectivity index (χ3n) is 5.92. The molecule has 10 heteroatoms. The van der Waals surface area contributed by atoms with Crippen LogP contribution in [-0.4, -0.2) is 25.2 Å². The van der Waals surface area contributed by atoms with Crippen molar-refractivity contribution in [2.75, 3.05) is 12.0 Å². The van der Waals surface area contributed by atoms with E-state index < -0.39 is 29.3 Å². The van der Waals surface area contributed by atoms with Gasteiger partial charge >= 0.3 is 12.1 Å². The Labute approximate surface area is 208 Å². The molecule has 0 bridgehead atoms. The normalized spacial score (nSPS) is 18.9. The standard InChI is InChI=1S/C26H19F3N2O4S/c1-34-18-13-11-17(12-14-18)25(26(27,28)29)30-22(32)21(24(33)35-15-16-7-3-2-4-8-16)23-31(25)19-9-5-6-10-20(19)36-23/h2-14H,15H2,1H3,(H,30,32). The number of para-hydroxylation sites is 1. The maximum atomic E-state index is 15.0. The van der Waals surface area contributed by atoms with Crippen LogP contribution in [0.3, 0.4) is 0 Å². The highest BCUT2D eigenvalue weighted by atomic mass is 32.2. The summed E-state index contributed by atoms with van der Waals surface area (Å²) in [4.78, 5) is 27.8. The summed E-state index contributed by atoms with van der Waals surface area (Å²) in [6.45, 7) is -0.135. The number of anilines is 1. The van der Waals surface area contributed by atoms with Crippen LogP contribution in [0.25, 0.3) is 0 Å². The molecule has 0 fully saturated rings. The number of nitrogens with one attached hydrogen (secondary N) is 1. The van der Waals surface area contributed by atoms with Crippen LogP contribution in [0.4, 0.5) is 18.9 Å². The first-order valence-corrected chi connectivity index (χ1v) is 11.6. The van der Waals surface area contributed by atoms with Gasteiger partial charge < -0.3 is 14.8 Å². The number of hydrogen-bond donors (Lipinski definition) is 1. The molecule has 1 atom stereocenters. The fraction of sp³-hybridized carbons (Fsp3) is 0.154. The molecule has 2 aliphatic rings. The Kier molecular flexibility index (Phi) is 5.91.